The first-order valence-corrected chi connectivity index (χ1v) is 12.1. The number of alkyl halides is 3. The first kappa shape index (κ1) is 27.6. The second-order valence-electron chi connectivity index (χ2n) is 8.91. The predicted octanol–water partition coefficient (Wildman–Crippen LogP) is 4.89. The fourth-order valence-electron chi connectivity index (χ4n) is 4.11. The van der Waals surface area contributed by atoms with Gasteiger partial charge in [-0.25, -0.2) is 4.79 Å². The van der Waals surface area contributed by atoms with Crippen LogP contribution in [0.25, 0.3) is 10.9 Å². The molecule has 4 aromatic rings. The molecule has 0 bridgehead atoms. The largest absolute Gasteiger partial charge is 0.490 e. The fourth-order valence-corrected chi connectivity index (χ4v) is 4.11. The second kappa shape index (κ2) is 12.4. The zero-order valence-corrected chi connectivity index (χ0v) is 20.7. The number of H-pyrrole nitrogens is 1. The molecule has 5 rings (SSSR count). The van der Waals surface area contributed by atoms with Gasteiger partial charge in [0.25, 0.3) is 5.91 Å². The lowest BCUT2D eigenvalue weighted by Crippen LogP contribution is -2.40. The van der Waals surface area contributed by atoms with Crippen molar-refractivity contribution in [1.82, 2.24) is 20.1 Å². The van der Waals surface area contributed by atoms with E-state index in [1.54, 1.807) is 18.5 Å². The van der Waals surface area contributed by atoms with E-state index in [9.17, 15) is 18.0 Å². The normalized spacial score (nSPS) is 15.7. The van der Waals surface area contributed by atoms with Gasteiger partial charge in [-0.15, -0.1) is 0 Å². The minimum atomic E-state index is -5.08. The summed E-state index contributed by atoms with van der Waals surface area (Å²) in [5.74, 6) is -2.36. The van der Waals surface area contributed by atoms with Crippen molar-refractivity contribution in [3.05, 3.63) is 84.3 Å². The number of aliphatic carboxylic acids is 1. The first-order chi connectivity index (χ1) is 18.7. The average molecular weight is 542 g/mol. The van der Waals surface area contributed by atoms with Gasteiger partial charge in [-0.3, -0.25) is 19.8 Å². The minimum Gasteiger partial charge on any atom is -0.489 e. The number of benzene rings is 2. The van der Waals surface area contributed by atoms with Crippen LogP contribution in [0.2, 0.25) is 0 Å². The Balaban J connectivity index is 0.000000448. The number of rotatable bonds is 6. The molecule has 1 unspecified atom stereocenters. The lowest BCUT2D eigenvalue weighted by molar-refractivity contribution is -0.192. The Labute approximate surface area is 221 Å². The third-order valence-corrected chi connectivity index (χ3v) is 5.92. The molecule has 204 valence electrons. The molecule has 1 saturated heterocycles. The molecule has 3 heterocycles. The number of amides is 1. The summed E-state index contributed by atoms with van der Waals surface area (Å²) in [6, 6.07) is 19.6. The summed E-state index contributed by atoms with van der Waals surface area (Å²) in [5.41, 5.74) is 3.25. The molecule has 0 radical (unpaired) electrons. The number of carbonyl (C=O) groups excluding carboxylic acids is 1. The van der Waals surface area contributed by atoms with Crippen LogP contribution < -0.4 is 10.1 Å². The van der Waals surface area contributed by atoms with Crippen LogP contribution >= 0.6 is 0 Å². The lowest BCUT2D eigenvalue weighted by atomic mass is 10.1. The highest BCUT2D eigenvalue weighted by Gasteiger charge is 2.38. The number of likely N-dealkylation sites (tertiary alicyclic amines) is 1. The van der Waals surface area contributed by atoms with Crippen LogP contribution in [0.4, 0.5) is 18.9 Å². The summed E-state index contributed by atoms with van der Waals surface area (Å²) >= 11 is 0. The number of ether oxygens (including phenoxy) is 1. The van der Waals surface area contributed by atoms with Gasteiger partial charge in [-0.2, -0.15) is 18.3 Å². The lowest BCUT2D eigenvalue weighted by Gasteiger charge is -2.33. The summed E-state index contributed by atoms with van der Waals surface area (Å²) in [6.07, 6.45) is 0.442. The molecule has 3 N–H and O–H groups in total. The fraction of sp³-hybridized carbons (Fsp3) is 0.259. The van der Waals surface area contributed by atoms with Gasteiger partial charge in [-0.1, -0.05) is 30.3 Å². The maximum Gasteiger partial charge on any atom is 0.490 e. The molecular formula is C27H26F3N5O4. The number of aromatic amines is 1. The monoisotopic (exact) mass is 541 g/mol. The molecule has 2 aromatic carbocycles. The van der Waals surface area contributed by atoms with Crippen molar-refractivity contribution in [2.24, 2.45) is 0 Å². The van der Waals surface area contributed by atoms with E-state index in [0.717, 1.165) is 43.4 Å². The van der Waals surface area contributed by atoms with Crippen LogP contribution in [0.3, 0.4) is 0 Å². The molecular weight excluding hydrogens is 515 g/mol. The van der Waals surface area contributed by atoms with E-state index in [2.05, 4.69) is 49.7 Å². The van der Waals surface area contributed by atoms with Crippen molar-refractivity contribution in [2.45, 2.75) is 31.7 Å². The number of carboxylic acid groups (broad SMARTS) is 1. The van der Waals surface area contributed by atoms with Crippen molar-refractivity contribution in [2.75, 3.05) is 18.4 Å². The summed E-state index contributed by atoms with van der Waals surface area (Å²) < 4.78 is 38.0. The topological polar surface area (TPSA) is 120 Å². The number of halogens is 3. The standard InChI is InChI=1S/C25H25N5O2.C2HF3O2/c31-25(28-20-8-9-23-19(13-20)15-27-29-23)24-14-21(10-11-26-24)32-22-7-4-12-30(17-22)16-18-5-2-1-3-6-18;3-2(4,5)1(6)7/h1-3,5-6,8-11,13-15,22H,4,7,12,16-17H2,(H,27,29)(H,28,31);(H,6,7). The Kier molecular flexibility index (Phi) is 8.77. The van der Waals surface area contributed by atoms with Crippen LogP contribution in [0.5, 0.6) is 5.75 Å². The van der Waals surface area contributed by atoms with Gasteiger partial charge in [-0.05, 0) is 49.2 Å². The van der Waals surface area contributed by atoms with E-state index in [1.165, 1.54) is 5.56 Å². The number of hydrogen-bond acceptors (Lipinski definition) is 6. The van der Waals surface area contributed by atoms with Crippen molar-refractivity contribution >= 4 is 28.5 Å². The summed E-state index contributed by atoms with van der Waals surface area (Å²) in [4.78, 5) is 28.3. The highest BCUT2D eigenvalue weighted by atomic mass is 19.4. The maximum absolute atomic E-state index is 12.7. The first-order valence-electron chi connectivity index (χ1n) is 12.1. The number of aromatic nitrogens is 3. The van der Waals surface area contributed by atoms with Crippen LogP contribution in [-0.2, 0) is 11.3 Å². The highest BCUT2D eigenvalue weighted by molar-refractivity contribution is 6.04. The van der Waals surface area contributed by atoms with Gasteiger partial charge in [0.15, 0.2) is 0 Å². The molecule has 1 amide bonds. The summed E-state index contributed by atoms with van der Waals surface area (Å²) in [7, 11) is 0. The van der Waals surface area contributed by atoms with Gasteiger partial charge in [0.05, 0.1) is 11.7 Å². The average Bonchev–Trinajstić information content (AvgIpc) is 3.37. The summed E-state index contributed by atoms with van der Waals surface area (Å²) in [6.45, 7) is 2.86. The zero-order chi connectivity index (χ0) is 27.8. The summed E-state index contributed by atoms with van der Waals surface area (Å²) in [5, 5.41) is 17.9. The molecule has 0 aliphatic carbocycles. The van der Waals surface area contributed by atoms with E-state index in [4.69, 9.17) is 14.6 Å². The van der Waals surface area contributed by atoms with Gasteiger partial charge < -0.3 is 15.2 Å². The number of carbonyl (C=O) groups is 2. The number of carboxylic acids is 1. The van der Waals surface area contributed by atoms with Crippen molar-refractivity contribution in [3.63, 3.8) is 0 Å². The Morgan fingerprint density at radius 1 is 1.13 bits per heavy atom. The van der Waals surface area contributed by atoms with E-state index >= 15 is 0 Å². The van der Waals surface area contributed by atoms with Crippen LogP contribution in [0.15, 0.2) is 73.1 Å². The molecule has 9 nitrogen and oxygen atoms in total. The Morgan fingerprint density at radius 3 is 2.64 bits per heavy atom. The van der Waals surface area contributed by atoms with Gasteiger partial charge >= 0.3 is 12.1 Å². The molecule has 1 atom stereocenters. The molecule has 2 aromatic heterocycles. The molecule has 0 spiro atoms. The molecule has 1 fully saturated rings. The Morgan fingerprint density at radius 2 is 1.90 bits per heavy atom. The number of pyridine rings is 1. The van der Waals surface area contributed by atoms with E-state index in [1.807, 2.05) is 30.3 Å². The van der Waals surface area contributed by atoms with Gasteiger partial charge in [0, 0.05) is 36.4 Å². The van der Waals surface area contributed by atoms with E-state index < -0.39 is 12.1 Å². The number of piperidine rings is 1. The van der Waals surface area contributed by atoms with Crippen LogP contribution in [-0.4, -0.2) is 62.4 Å². The van der Waals surface area contributed by atoms with Gasteiger partial charge in [0.2, 0.25) is 0 Å². The van der Waals surface area contributed by atoms with Crippen molar-refractivity contribution in [3.8, 4) is 5.75 Å². The third kappa shape index (κ3) is 8.01. The molecule has 1 aliphatic rings. The molecule has 1 aliphatic heterocycles. The Bertz CT molecular complexity index is 1410. The number of anilines is 1. The zero-order valence-electron chi connectivity index (χ0n) is 20.7. The van der Waals surface area contributed by atoms with Crippen LogP contribution in [0.1, 0.15) is 28.9 Å². The van der Waals surface area contributed by atoms with Gasteiger partial charge in [0.1, 0.15) is 17.5 Å². The maximum atomic E-state index is 12.7. The van der Waals surface area contributed by atoms with Crippen molar-refractivity contribution < 1.29 is 32.6 Å². The predicted molar refractivity (Wildman–Crippen MR) is 137 cm³/mol. The molecule has 12 heteroatoms. The van der Waals surface area contributed by atoms with Crippen molar-refractivity contribution in [1.29, 1.82) is 0 Å². The highest BCUT2D eigenvalue weighted by Crippen LogP contribution is 2.22. The SMILES string of the molecule is O=C(Nc1ccc2[nH]ncc2c1)c1cc(OC2CCCN(Cc3ccccc3)C2)ccn1.O=C(O)C(F)(F)F. The molecule has 0 saturated carbocycles. The smallest absolute Gasteiger partial charge is 0.489 e. The number of nitrogens with one attached hydrogen (secondary N) is 2. The minimum absolute atomic E-state index is 0.0919. The Hall–Kier alpha value is -4.45. The van der Waals surface area contributed by atoms with Crippen LogP contribution in [0, 0.1) is 0 Å². The van der Waals surface area contributed by atoms with E-state index in [0.29, 0.717) is 17.1 Å². The van der Waals surface area contributed by atoms with E-state index in [-0.39, 0.29) is 12.0 Å². The quantitative estimate of drug-likeness (QED) is 0.318. The third-order valence-electron chi connectivity index (χ3n) is 5.92. The number of nitrogens with zero attached hydrogens (tertiary/aromatic N) is 3. The molecule has 39 heavy (non-hydrogen) atoms. The number of hydrogen-bond donors (Lipinski definition) is 3. The number of fused-ring (bicyclic) bond motifs is 1. The second-order valence-corrected chi connectivity index (χ2v) is 8.91.